The van der Waals surface area contributed by atoms with Gasteiger partial charge in [-0.3, -0.25) is 19.5 Å². The van der Waals surface area contributed by atoms with Crippen molar-refractivity contribution >= 4 is 11.8 Å². The van der Waals surface area contributed by atoms with Crippen molar-refractivity contribution in [3.05, 3.63) is 30.1 Å². The summed E-state index contributed by atoms with van der Waals surface area (Å²) in [4.78, 5) is 39.1. The van der Waals surface area contributed by atoms with Crippen LogP contribution in [0.2, 0.25) is 0 Å². The molecule has 4 aliphatic rings. The molecule has 5 rings (SSSR count). The van der Waals surface area contributed by atoms with Gasteiger partial charge in [0.25, 0.3) is 5.91 Å². The predicted octanol–water partition coefficient (Wildman–Crippen LogP) is 0.882. The first-order valence-corrected chi connectivity index (χ1v) is 10.5. The third-order valence-electron chi connectivity index (χ3n) is 7.07. The van der Waals surface area contributed by atoms with Gasteiger partial charge >= 0.3 is 0 Å². The maximum absolute atomic E-state index is 13.3. The summed E-state index contributed by atoms with van der Waals surface area (Å²) in [6, 6.07) is 3.62. The number of piperazine rings is 1. The summed E-state index contributed by atoms with van der Waals surface area (Å²) in [5, 5.41) is 0. The Balaban J connectivity index is 1.37. The minimum Gasteiger partial charge on any atom is -0.338 e. The smallest absolute Gasteiger partial charge is 0.255 e. The zero-order valence-corrected chi connectivity index (χ0v) is 16.6. The van der Waals surface area contributed by atoms with Crippen LogP contribution in [-0.4, -0.2) is 94.4 Å². The zero-order chi connectivity index (χ0) is 19.3. The quantitative estimate of drug-likeness (QED) is 0.776. The van der Waals surface area contributed by atoms with Crippen molar-refractivity contribution in [3.8, 4) is 0 Å². The first kappa shape index (κ1) is 18.1. The monoisotopic (exact) mass is 383 g/mol. The maximum atomic E-state index is 13.3. The third-order valence-corrected chi connectivity index (χ3v) is 7.07. The second kappa shape index (κ2) is 6.81. The molecule has 3 saturated heterocycles. The van der Waals surface area contributed by atoms with E-state index in [-0.39, 0.29) is 17.6 Å². The number of rotatable bonds is 3. The molecule has 1 aliphatic carbocycles. The molecule has 1 atom stereocenters. The van der Waals surface area contributed by atoms with E-state index in [1.807, 2.05) is 11.0 Å². The van der Waals surface area contributed by atoms with E-state index < -0.39 is 0 Å². The maximum Gasteiger partial charge on any atom is 0.255 e. The predicted molar refractivity (Wildman–Crippen MR) is 105 cm³/mol. The third kappa shape index (κ3) is 2.92. The fraction of sp³-hybridized carbons (Fsp3) is 0.667. The molecule has 4 fully saturated rings. The molecule has 150 valence electrons. The molecule has 1 aromatic rings. The molecule has 1 aromatic heterocycles. The van der Waals surface area contributed by atoms with Crippen molar-refractivity contribution in [1.29, 1.82) is 0 Å². The van der Waals surface area contributed by atoms with Gasteiger partial charge in [-0.15, -0.1) is 0 Å². The standard InChI is InChI=1S/C21H29N5O2/c1-23-11-12-25-18(15-23)20(28)26(14-16-4-5-16)21(25)6-9-24(10-7-21)19(27)17-3-2-8-22-13-17/h2-3,8,13,16,18H,4-7,9-12,14-15H2,1H3/t18-/m1/s1. The van der Waals surface area contributed by atoms with Crippen LogP contribution in [0.25, 0.3) is 0 Å². The van der Waals surface area contributed by atoms with Gasteiger partial charge < -0.3 is 14.7 Å². The molecule has 2 amide bonds. The highest BCUT2D eigenvalue weighted by molar-refractivity contribution is 5.94. The van der Waals surface area contributed by atoms with E-state index >= 15 is 0 Å². The Bertz CT molecular complexity index is 757. The van der Waals surface area contributed by atoms with Gasteiger partial charge in [-0.25, -0.2) is 0 Å². The molecule has 3 aliphatic heterocycles. The number of likely N-dealkylation sites (N-methyl/N-ethyl adjacent to an activating group) is 1. The number of carbonyl (C=O) groups is 2. The summed E-state index contributed by atoms with van der Waals surface area (Å²) in [6.07, 6.45) is 7.51. The van der Waals surface area contributed by atoms with Crippen molar-refractivity contribution in [2.24, 2.45) is 5.92 Å². The van der Waals surface area contributed by atoms with Crippen LogP contribution in [-0.2, 0) is 4.79 Å². The van der Waals surface area contributed by atoms with Gasteiger partial charge in [0.2, 0.25) is 5.91 Å². The van der Waals surface area contributed by atoms with Crippen LogP contribution in [0.4, 0.5) is 0 Å². The second-order valence-electron chi connectivity index (χ2n) is 8.88. The van der Waals surface area contributed by atoms with Crippen molar-refractivity contribution < 1.29 is 9.59 Å². The van der Waals surface area contributed by atoms with E-state index in [1.165, 1.54) is 12.8 Å². The van der Waals surface area contributed by atoms with Crippen LogP contribution in [0.3, 0.4) is 0 Å². The number of nitrogens with zero attached hydrogens (tertiary/aromatic N) is 5. The Hall–Kier alpha value is -1.99. The van der Waals surface area contributed by atoms with E-state index in [9.17, 15) is 9.59 Å². The highest BCUT2D eigenvalue weighted by atomic mass is 16.2. The van der Waals surface area contributed by atoms with Crippen LogP contribution < -0.4 is 0 Å². The lowest BCUT2D eigenvalue weighted by molar-refractivity contribution is -0.134. The lowest BCUT2D eigenvalue weighted by Gasteiger charge is -2.50. The van der Waals surface area contributed by atoms with E-state index in [0.29, 0.717) is 30.5 Å². The number of hydrogen-bond donors (Lipinski definition) is 0. The number of amides is 2. The fourth-order valence-corrected chi connectivity index (χ4v) is 5.28. The Morgan fingerprint density at radius 2 is 2.00 bits per heavy atom. The molecule has 0 bridgehead atoms. The number of pyridine rings is 1. The van der Waals surface area contributed by atoms with Gasteiger partial charge in [-0.2, -0.15) is 0 Å². The Morgan fingerprint density at radius 1 is 1.21 bits per heavy atom. The summed E-state index contributed by atoms with van der Waals surface area (Å²) >= 11 is 0. The average molecular weight is 383 g/mol. The van der Waals surface area contributed by atoms with Crippen LogP contribution in [0.15, 0.2) is 24.5 Å². The van der Waals surface area contributed by atoms with Crippen molar-refractivity contribution in [2.45, 2.75) is 37.4 Å². The zero-order valence-electron chi connectivity index (χ0n) is 16.6. The number of fused-ring (bicyclic) bond motifs is 2. The number of likely N-dealkylation sites (tertiary alicyclic amines) is 1. The fourth-order valence-electron chi connectivity index (χ4n) is 5.28. The number of piperidine rings is 1. The van der Waals surface area contributed by atoms with Gasteiger partial charge in [-0.05, 0) is 37.9 Å². The molecule has 7 heteroatoms. The molecule has 7 nitrogen and oxygen atoms in total. The highest BCUT2D eigenvalue weighted by Gasteiger charge is 2.59. The van der Waals surface area contributed by atoms with E-state index in [0.717, 1.165) is 39.0 Å². The van der Waals surface area contributed by atoms with Crippen molar-refractivity contribution in [1.82, 2.24) is 24.6 Å². The lowest BCUT2D eigenvalue weighted by Crippen LogP contribution is -2.63. The molecule has 0 aromatic carbocycles. The Morgan fingerprint density at radius 3 is 2.68 bits per heavy atom. The number of aromatic nitrogens is 1. The van der Waals surface area contributed by atoms with E-state index in [4.69, 9.17) is 0 Å². The molecule has 0 radical (unpaired) electrons. The minimum absolute atomic E-state index is 0.0157. The van der Waals surface area contributed by atoms with Crippen LogP contribution in [0.5, 0.6) is 0 Å². The topological polar surface area (TPSA) is 60.0 Å². The first-order chi connectivity index (χ1) is 13.6. The summed E-state index contributed by atoms with van der Waals surface area (Å²) in [6.45, 7) is 5.04. The summed E-state index contributed by atoms with van der Waals surface area (Å²) in [5.41, 5.74) is 0.449. The van der Waals surface area contributed by atoms with Gasteiger partial charge in [0.05, 0.1) is 5.56 Å². The van der Waals surface area contributed by atoms with Gasteiger partial charge in [0, 0.05) is 64.5 Å². The molecule has 0 N–H and O–H groups in total. The number of hydrogen-bond acceptors (Lipinski definition) is 5. The van der Waals surface area contributed by atoms with Gasteiger partial charge in [0.15, 0.2) is 0 Å². The molecular formula is C21H29N5O2. The van der Waals surface area contributed by atoms with Gasteiger partial charge in [0.1, 0.15) is 11.7 Å². The van der Waals surface area contributed by atoms with Crippen LogP contribution >= 0.6 is 0 Å². The average Bonchev–Trinajstić information content (AvgIpc) is 3.53. The number of carbonyl (C=O) groups excluding carboxylic acids is 2. The lowest BCUT2D eigenvalue weighted by atomic mass is 9.92. The van der Waals surface area contributed by atoms with E-state index in [2.05, 4.69) is 26.7 Å². The molecule has 0 unspecified atom stereocenters. The molecular weight excluding hydrogens is 354 g/mol. The second-order valence-corrected chi connectivity index (χ2v) is 8.88. The van der Waals surface area contributed by atoms with Gasteiger partial charge in [-0.1, -0.05) is 0 Å². The molecule has 1 spiro atoms. The molecule has 4 heterocycles. The first-order valence-electron chi connectivity index (χ1n) is 10.5. The van der Waals surface area contributed by atoms with E-state index in [1.54, 1.807) is 18.5 Å². The summed E-state index contributed by atoms with van der Waals surface area (Å²) in [5.74, 6) is 1.04. The Labute approximate surface area is 166 Å². The van der Waals surface area contributed by atoms with Crippen LogP contribution in [0, 0.1) is 5.92 Å². The normalized spacial score (nSPS) is 28.0. The molecule has 28 heavy (non-hydrogen) atoms. The summed E-state index contributed by atoms with van der Waals surface area (Å²) in [7, 11) is 2.11. The minimum atomic E-state index is -0.197. The Kier molecular flexibility index (Phi) is 4.39. The van der Waals surface area contributed by atoms with Crippen molar-refractivity contribution in [3.63, 3.8) is 0 Å². The largest absolute Gasteiger partial charge is 0.338 e. The molecule has 1 saturated carbocycles. The van der Waals surface area contributed by atoms with Crippen molar-refractivity contribution in [2.75, 3.05) is 46.3 Å². The highest BCUT2D eigenvalue weighted by Crippen LogP contribution is 2.44. The SMILES string of the molecule is CN1CCN2[C@H](C1)C(=O)N(CC1CC1)C21CCN(C(=O)c2cccnc2)CC1. The summed E-state index contributed by atoms with van der Waals surface area (Å²) < 4.78 is 0. The van der Waals surface area contributed by atoms with Crippen LogP contribution in [0.1, 0.15) is 36.0 Å².